The maximum atomic E-state index is 12.6. The second-order valence-corrected chi connectivity index (χ2v) is 6.39. The molecule has 4 nitrogen and oxygen atoms in total. The maximum Gasteiger partial charge on any atom is 0.262 e. The number of thiophene rings is 1. The van der Waals surface area contributed by atoms with Gasteiger partial charge in [0.1, 0.15) is 6.04 Å². The molecule has 118 valence electrons. The van der Waals surface area contributed by atoms with E-state index in [2.05, 4.69) is 12.2 Å². The van der Waals surface area contributed by atoms with E-state index in [1.54, 1.807) is 6.07 Å². The summed E-state index contributed by atoms with van der Waals surface area (Å²) in [6.45, 7) is 9.44. The van der Waals surface area contributed by atoms with Gasteiger partial charge in [0.2, 0.25) is 5.91 Å². The van der Waals surface area contributed by atoms with Crippen LogP contribution in [0.5, 0.6) is 0 Å². The minimum Gasteiger partial charge on any atom is -0.341 e. The van der Waals surface area contributed by atoms with Crippen LogP contribution in [0.15, 0.2) is 17.5 Å². The summed E-state index contributed by atoms with van der Waals surface area (Å²) in [5.41, 5.74) is 0. The summed E-state index contributed by atoms with van der Waals surface area (Å²) in [5, 5.41) is 4.75. The molecular weight excluding hydrogens is 284 g/mol. The quantitative estimate of drug-likeness (QED) is 0.802. The Hall–Kier alpha value is -1.36. The summed E-state index contributed by atoms with van der Waals surface area (Å²) in [4.78, 5) is 27.3. The topological polar surface area (TPSA) is 49.4 Å². The molecule has 0 radical (unpaired) electrons. The third kappa shape index (κ3) is 5.16. The van der Waals surface area contributed by atoms with Gasteiger partial charge >= 0.3 is 0 Å². The third-order valence-electron chi connectivity index (χ3n) is 3.44. The number of rotatable bonds is 8. The average Bonchev–Trinajstić information content (AvgIpc) is 2.99. The number of nitrogens with zero attached hydrogens (tertiary/aromatic N) is 1. The Morgan fingerprint density at radius 3 is 2.52 bits per heavy atom. The van der Waals surface area contributed by atoms with Gasteiger partial charge in [0.25, 0.3) is 5.91 Å². The summed E-state index contributed by atoms with van der Waals surface area (Å²) in [7, 11) is 0. The van der Waals surface area contributed by atoms with Crippen LogP contribution in [0.3, 0.4) is 0 Å². The summed E-state index contributed by atoms with van der Waals surface area (Å²) in [6, 6.07) is 3.15. The fourth-order valence-corrected chi connectivity index (χ4v) is 2.73. The molecular formula is C16H26N2O2S. The van der Waals surface area contributed by atoms with Crippen molar-refractivity contribution >= 4 is 23.2 Å². The summed E-state index contributed by atoms with van der Waals surface area (Å²) < 4.78 is 0. The van der Waals surface area contributed by atoms with Gasteiger partial charge in [-0.3, -0.25) is 9.59 Å². The van der Waals surface area contributed by atoms with Crippen LogP contribution >= 0.6 is 11.3 Å². The maximum absolute atomic E-state index is 12.6. The van der Waals surface area contributed by atoms with E-state index >= 15 is 0 Å². The Kier molecular flexibility index (Phi) is 7.43. The molecule has 0 bridgehead atoms. The number of carbonyl (C=O) groups is 2. The monoisotopic (exact) mass is 310 g/mol. The van der Waals surface area contributed by atoms with Crippen LogP contribution in [0.2, 0.25) is 0 Å². The number of nitrogens with one attached hydrogen (secondary N) is 1. The van der Waals surface area contributed by atoms with Crippen molar-refractivity contribution in [2.75, 3.05) is 13.1 Å². The minimum absolute atomic E-state index is 0.0193. The van der Waals surface area contributed by atoms with Crippen molar-refractivity contribution in [3.8, 4) is 0 Å². The summed E-state index contributed by atoms with van der Waals surface area (Å²) >= 11 is 1.39. The van der Waals surface area contributed by atoms with Gasteiger partial charge in [0.15, 0.2) is 0 Å². The van der Waals surface area contributed by atoms with Crippen molar-refractivity contribution in [2.24, 2.45) is 5.92 Å². The van der Waals surface area contributed by atoms with E-state index in [4.69, 9.17) is 0 Å². The number of unbranched alkanes of at least 4 members (excludes halogenated alkanes) is 1. The Labute approximate surface area is 131 Å². The molecule has 1 heterocycles. The molecule has 21 heavy (non-hydrogen) atoms. The molecule has 1 aromatic heterocycles. The molecule has 1 atom stereocenters. The average molecular weight is 310 g/mol. The zero-order valence-corrected chi connectivity index (χ0v) is 14.2. The van der Waals surface area contributed by atoms with Crippen molar-refractivity contribution < 1.29 is 9.59 Å². The second kappa shape index (κ2) is 8.82. The molecule has 0 saturated carbocycles. The molecule has 0 aliphatic heterocycles. The highest BCUT2D eigenvalue weighted by atomic mass is 32.1. The van der Waals surface area contributed by atoms with Crippen molar-refractivity contribution in [2.45, 2.75) is 46.6 Å². The highest BCUT2D eigenvalue weighted by Gasteiger charge is 2.28. The smallest absolute Gasteiger partial charge is 0.262 e. The van der Waals surface area contributed by atoms with Crippen molar-refractivity contribution in [3.05, 3.63) is 22.4 Å². The van der Waals surface area contributed by atoms with Crippen LogP contribution in [0.1, 0.15) is 50.2 Å². The number of amides is 2. The molecule has 1 rings (SSSR count). The van der Waals surface area contributed by atoms with E-state index in [1.807, 2.05) is 37.1 Å². The third-order valence-corrected chi connectivity index (χ3v) is 4.31. The van der Waals surface area contributed by atoms with E-state index in [1.165, 1.54) is 11.3 Å². The minimum atomic E-state index is -0.462. The predicted octanol–water partition coefficient (Wildman–Crippen LogP) is 3.15. The first-order valence-electron chi connectivity index (χ1n) is 7.64. The number of hydrogen-bond acceptors (Lipinski definition) is 3. The van der Waals surface area contributed by atoms with Gasteiger partial charge in [-0.05, 0) is 30.7 Å². The van der Waals surface area contributed by atoms with Gasteiger partial charge in [-0.1, -0.05) is 33.3 Å². The fraction of sp³-hybridized carbons (Fsp3) is 0.625. The highest BCUT2D eigenvalue weighted by molar-refractivity contribution is 7.12. The number of hydrogen-bond donors (Lipinski definition) is 1. The normalized spacial score (nSPS) is 12.2. The molecule has 0 aliphatic rings. The molecule has 5 heteroatoms. The fourth-order valence-electron chi connectivity index (χ4n) is 2.10. The Morgan fingerprint density at radius 2 is 2.05 bits per heavy atom. The Bertz CT molecular complexity index is 443. The number of likely N-dealkylation sites (N-methyl/N-ethyl adjacent to an activating group) is 1. The van der Waals surface area contributed by atoms with Gasteiger partial charge in [-0.15, -0.1) is 11.3 Å². The highest BCUT2D eigenvalue weighted by Crippen LogP contribution is 2.12. The standard InChI is InChI=1S/C16H26N2O2S/c1-5-7-10-18(6-2)16(20)14(12(3)4)17-15(19)13-9-8-11-21-13/h8-9,11-12,14H,5-7,10H2,1-4H3,(H,17,19). The van der Waals surface area contributed by atoms with Gasteiger partial charge in [0.05, 0.1) is 4.88 Å². The lowest BCUT2D eigenvalue weighted by molar-refractivity contribution is -0.134. The van der Waals surface area contributed by atoms with E-state index < -0.39 is 6.04 Å². The van der Waals surface area contributed by atoms with E-state index in [0.717, 1.165) is 19.4 Å². The van der Waals surface area contributed by atoms with Crippen molar-refractivity contribution in [3.63, 3.8) is 0 Å². The van der Waals surface area contributed by atoms with E-state index in [9.17, 15) is 9.59 Å². The first-order valence-corrected chi connectivity index (χ1v) is 8.52. The predicted molar refractivity (Wildman–Crippen MR) is 87.6 cm³/mol. The first-order chi connectivity index (χ1) is 10.0. The van der Waals surface area contributed by atoms with Crippen LogP contribution < -0.4 is 5.32 Å². The SMILES string of the molecule is CCCCN(CC)C(=O)C(NC(=O)c1cccs1)C(C)C. The van der Waals surface area contributed by atoms with Gasteiger partial charge in [0, 0.05) is 13.1 Å². The summed E-state index contributed by atoms with van der Waals surface area (Å²) in [6.07, 6.45) is 2.04. The molecule has 2 amide bonds. The van der Waals surface area contributed by atoms with E-state index in [0.29, 0.717) is 11.4 Å². The van der Waals surface area contributed by atoms with Crippen molar-refractivity contribution in [1.82, 2.24) is 10.2 Å². The molecule has 1 aromatic rings. The molecule has 0 aliphatic carbocycles. The molecule has 0 saturated heterocycles. The lowest BCUT2D eigenvalue weighted by Gasteiger charge is -2.29. The van der Waals surface area contributed by atoms with Crippen LogP contribution in [-0.2, 0) is 4.79 Å². The van der Waals surface area contributed by atoms with E-state index in [-0.39, 0.29) is 17.7 Å². The molecule has 1 N–H and O–H groups in total. The van der Waals surface area contributed by atoms with Gasteiger partial charge in [-0.25, -0.2) is 0 Å². The van der Waals surface area contributed by atoms with Gasteiger partial charge in [-0.2, -0.15) is 0 Å². The molecule has 0 fully saturated rings. The molecule has 1 unspecified atom stereocenters. The number of carbonyl (C=O) groups excluding carboxylic acids is 2. The van der Waals surface area contributed by atoms with Crippen LogP contribution in [0, 0.1) is 5.92 Å². The van der Waals surface area contributed by atoms with Crippen LogP contribution in [0.25, 0.3) is 0 Å². The Balaban J connectivity index is 2.75. The first kappa shape index (κ1) is 17.7. The Morgan fingerprint density at radius 1 is 1.33 bits per heavy atom. The van der Waals surface area contributed by atoms with Crippen LogP contribution in [-0.4, -0.2) is 35.8 Å². The lowest BCUT2D eigenvalue weighted by atomic mass is 10.0. The molecule has 0 aromatic carbocycles. The summed E-state index contributed by atoms with van der Waals surface area (Å²) in [5.74, 6) is -0.0773. The lowest BCUT2D eigenvalue weighted by Crippen LogP contribution is -2.51. The van der Waals surface area contributed by atoms with Gasteiger partial charge < -0.3 is 10.2 Å². The second-order valence-electron chi connectivity index (χ2n) is 5.44. The largest absolute Gasteiger partial charge is 0.341 e. The zero-order chi connectivity index (χ0) is 15.8. The molecule has 0 spiro atoms. The van der Waals surface area contributed by atoms with Crippen LogP contribution in [0.4, 0.5) is 0 Å². The van der Waals surface area contributed by atoms with Crippen molar-refractivity contribution in [1.29, 1.82) is 0 Å². The zero-order valence-electron chi connectivity index (χ0n) is 13.4.